The summed E-state index contributed by atoms with van der Waals surface area (Å²) in [5.74, 6) is -0.467. The maximum absolute atomic E-state index is 12.7. The minimum atomic E-state index is -3.56. The summed E-state index contributed by atoms with van der Waals surface area (Å²) in [5, 5.41) is 0. The monoisotopic (exact) mass is 290 g/mol. The number of unbranched alkanes of at least 4 members (excludes halogenated alkanes) is 1. The lowest BCUT2D eigenvalue weighted by molar-refractivity contribution is 0.576. The van der Waals surface area contributed by atoms with Crippen molar-refractivity contribution in [1.82, 2.24) is 4.72 Å². The number of halogens is 1. The summed E-state index contributed by atoms with van der Waals surface area (Å²) in [6.07, 6.45) is 1.99. The third-order valence-corrected chi connectivity index (χ3v) is 3.95. The molecule has 0 atom stereocenters. The van der Waals surface area contributed by atoms with Crippen LogP contribution in [-0.2, 0) is 10.0 Å². The second kappa shape index (κ2) is 6.77. The van der Waals surface area contributed by atoms with Crippen LogP contribution in [0.3, 0.4) is 0 Å². The van der Waals surface area contributed by atoms with Crippen LogP contribution in [0.5, 0.6) is 0 Å². The molecule has 0 heterocycles. The molecule has 7 heteroatoms. The Kier molecular flexibility index (Phi) is 5.64. The Labute approximate surface area is 111 Å². The highest BCUT2D eigenvalue weighted by molar-refractivity contribution is 7.89. The molecular weight excluding hydrogens is 275 g/mol. The average Bonchev–Trinajstić information content (AvgIpc) is 2.28. The van der Waals surface area contributed by atoms with Gasteiger partial charge in [0, 0.05) is 6.54 Å². The van der Waals surface area contributed by atoms with E-state index < -0.39 is 15.8 Å². The van der Waals surface area contributed by atoms with Crippen molar-refractivity contribution in [3.63, 3.8) is 0 Å². The number of thiocarbonyl (C=S) groups is 1. The van der Waals surface area contributed by atoms with Gasteiger partial charge >= 0.3 is 0 Å². The van der Waals surface area contributed by atoms with Crippen LogP contribution in [0.2, 0.25) is 0 Å². The third-order valence-electron chi connectivity index (χ3n) is 2.27. The molecule has 0 fully saturated rings. The standard InChI is InChI=1S/C11H15FN2O2S2/c12-9-4-6-10(7-5-9)18(15,16)14-8-2-1-3-11(13)17/h4-7,14H,1-3,8H2,(H2,13,17). The minimum Gasteiger partial charge on any atom is -0.393 e. The van der Waals surface area contributed by atoms with E-state index in [1.54, 1.807) is 0 Å². The summed E-state index contributed by atoms with van der Waals surface area (Å²) in [4.78, 5) is 0.481. The van der Waals surface area contributed by atoms with Gasteiger partial charge in [-0.25, -0.2) is 17.5 Å². The molecule has 0 saturated carbocycles. The highest BCUT2D eigenvalue weighted by Crippen LogP contribution is 2.09. The van der Waals surface area contributed by atoms with E-state index in [0.717, 1.165) is 18.6 Å². The van der Waals surface area contributed by atoms with Gasteiger partial charge < -0.3 is 5.73 Å². The van der Waals surface area contributed by atoms with E-state index in [0.29, 0.717) is 24.4 Å². The van der Waals surface area contributed by atoms with Crippen LogP contribution < -0.4 is 10.5 Å². The van der Waals surface area contributed by atoms with Gasteiger partial charge in [-0.3, -0.25) is 0 Å². The molecule has 0 aliphatic rings. The molecule has 0 amide bonds. The van der Waals surface area contributed by atoms with Gasteiger partial charge in [-0.15, -0.1) is 0 Å². The smallest absolute Gasteiger partial charge is 0.240 e. The molecule has 100 valence electrons. The fraction of sp³-hybridized carbons (Fsp3) is 0.364. The number of hydrogen-bond acceptors (Lipinski definition) is 3. The summed E-state index contributed by atoms with van der Waals surface area (Å²) in [7, 11) is -3.56. The SMILES string of the molecule is NC(=S)CCCCNS(=O)(=O)c1ccc(F)cc1. The van der Waals surface area contributed by atoms with E-state index in [2.05, 4.69) is 4.72 Å². The summed E-state index contributed by atoms with van der Waals surface area (Å²) < 4.78 is 38.6. The van der Waals surface area contributed by atoms with Gasteiger partial charge in [-0.05, 0) is 43.5 Å². The van der Waals surface area contributed by atoms with Crippen LogP contribution in [0, 0.1) is 5.82 Å². The second-order valence-corrected chi connectivity index (χ2v) is 6.07. The normalized spacial score (nSPS) is 11.4. The van der Waals surface area contributed by atoms with Crippen molar-refractivity contribution >= 4 is 27.2 Å². The molecule has 0 radical (unpaired) electrons. The first-order chi connectivity index (χ1) is 8.42. The predicted octanol–water partition coefficient (Wildman–Crippen LogP) is 1.56. The topological polar surface area (TPSA) is 72.2 Å². The molecule has 1 aromatic carbocycles. The van der Waals surface area contributed by atoms with Crippen molar-refractivity contribution in [3.05, 3.63) is 30.1 Å². The highest BCUT2D eigenvalue weighted by Gasteiger charge is 2.12. The number of benzene rings is 1. The van der Waals surface area contributed by atoms with Crippen LogP contribution in [0.15, 0.2) is 29.2 Å². The first-order valence-electron chi connectivity index (χ1n) is 5.45. The van der Waals surface area contributed by atoms with Crippen molar-refractivity contribution in [2.45, 2.75) is 24.2 Å². The molecule has 18 heavy (non-hydrogen) atoms. The lowest BCUT2D eigenvalue weighted by atomic mass is 10.2. The Bertz CT molecular complexity index is 500. The zero-order chi connectivity index (χ0) is 13.6. The average molecular weight is 290 g/mol. The first-order valence-corrected chi connectivity index (χ1v) is 7.34. The van der Waals surface area contributed by atoms with Crippen LogP contribution in [0.25, 0.3) is 0 Å². The van der Waals surface area contributed by atoms with Crippen LogP contribution in [0.4, 0.5) is 4.39 Å². The lowest BCUT2D eigenvalue weighted by Gasteiger charge is -2.06. The van der Waals surface area contributed by atoms with Gasteiger partial charge in [0.1, 0.15) is 5.82 Å². The van der Waals surface area contributed by atoms with E-state index in [1.807, 2.05) is 0 Å². The quantitative estimate of drug-likeness (QED) is 0.590. The molecule has 0 spiro atoms. The molecule has 4 nitrogen and oxygen atoms in total. The van der Waals surface area contributed by atoms with E-state index in [4.69, 9.17) is 18.0 Å². The van der Waals surface area contributed by atoms with Crippen LogP contribution in [-0.4, -0.2) is 20.0 Å². The molecule has 1 rings (SSSR count). The Morgan fingerprint density at radius 2 is 1.89 bits per heavy atom. The zero-order valence-corrected chi connectivity index (χ0v) is 11.4. The largest absolute Gasteiger partial charge is 0.393 e. The number of hydrogen-bond donors (Lipinski definition) is 2. The maximum atomic E-state index is 12.7. The second-order valence-electron chi connectivity index (χ2n) is 3.78. The number of rotatable bonds is 7. The van der Waals surface area contributed by atoms with Gasteiger partial charge in [0.05, 0.1) is 9.88 Å². The van der Waals surface area contributed by atoms with E-state index >= 15 is 0 Å². The number of sulfonamides is 1. The van der Waals surface area contributed by atoms with Gasteiger partial charge in [0.25, 0.3) is 0 Å². The summed E-state index contributed by atoms with van der Waals surface area (Å²) in [5.41, 5.74) is 5.32. The predicted molar refractivity (Wildman–Crippen MR) is 72.2 cm³/mol. The molecule has 0 aromatic heterocycles. The summed E-state index contributed by atoms with van der Waals surface area (Å²) in [6, 6.07) is 4.68. The highest BCUT2D eigenvalue weighted by atomic mass is 32.2. The molecule has 1 aromatic rings. The van der Waals surface area contributed by atoms with E-state index in [1.165, 1.54) is 12.1 Å². The molecule has 0 saturated heterocycles. The Morgan fingerprint density at radius 3 is 2.44 bits per heavy atom. The Morgan fingerprint density at radius 1 is 1.28 bits per heavy atom. The van der Waals surface area contributed by atoms with Crippen molar-refractivity contribution in [2.24, 2.45) is 5.73 Å². The molecule has 3 N–H and O–H groups in total. The van der Waals surface area contributed by atoms with Gasteiger partial charge in [0.2, 0.25) is 10.0 Å². The molecular formula is C11H15FN2O2S2. The van der Waals surface area contributed by atoms with Crippen molar-refractivity contribution in [1.29, 1.82) is 0 Å². The van der Waals surface area contributed by atoms with E-state index in [-0.39, 0.29) is 4.90 Å². The number of nitrogens with one attached hydrogen (secondary N) is 1. The van der Waals surface area contributed by atoms with Crippen molar-refractivity contribution in [3.8, 4) is 0 Å². The van der Waals surface area contributed by atoms with Crippen molar-refractivity contribution < 1.29 is 12.8 Å². The fourth-order valence-corrected chi connectivity index (χ4v) is 2.55. The molecule has 0 bridgehead atoms. The summed E-state index contributed by atoms with van der Waals surface area (Å²) in [6.45, 7) is 0.308. The fourth-order valence-electron chi connectivity index (χ4n) is 1.33. The third kappa shape index (κ3) is 5.07. The van der Waals surface area contributed by atoms with Crippen molar-refractivity contribution in [2.75, 3.05) is 6.54 Å². The van der Waals surface area contributed by atoms with Crippen LogP contribution in [0.1, 0.15) is 19.3 Å². The Hall–Kier alpha value is -1.05. The zero-order valence-electron chi connectivity index (χ0n) is 9.73. The van der Waals surface area contributed by atoms with Gasteiger partial charge in [0.15, 0.2) is 0 Å². The molecule has 0 unspecified atom stereocenters. The first kappa shape index (κ1) is 15.0. The van der Waals surface area contributed by atoms with Crippen LogP contribution >= 0.6 is 12.2 Å². The lowest BCUT2D eigenvalue weighted by Crippen LogP contribution is -2.25. The molecule has 0 aliphatic heterocycles. The molecule has 0 aliphatic carbocycles. The number of nitrogens with two attached hydrogens (primary N) is 1. The Balaban J connectivity index is 2.45. The summed E-state index contributed by atoms with van der Waals surface area (Å²) >= 11 is 4.71. The van der Waals surface area contributed by atoms with Gasteiger partial charge in [-0.2, -0.15) is 0 Å². The maximum Gasteiger partial charge on any atom is 0.240 e. The van der Waals surface area contributed by atoms with E-state index in [9.17, 15) is 12.8 Å². The van der Waals surface area contributed by atoms with Gasteiger partial charge in [-0.1, -0.05) is 12.2 Å². The minimum absolute atomic E-state index is 0.0539.